The summed E-state index contributed by atoms with van der Waals surface area (Å²) >= 11 is 0. The molecule has 2 aromatic rings. The highest BCUT2D eigenvalue weighted by Crippen LogP contribution is 2.28. The van der Waals surface area contributed by atoms with Gasteiger partial charge in [-0.2, -0.15) is 0 Å². The number of hydrogen-bond acceptors (Lipinski definition) is 5. The molecule has 1 saturated heterocycles. The third-order valence-corrected chi connectivity index (χ3v) is 5.70. The first kappa shape index (κ1) is 19.8. The number of nitrogens with zero attached hydrogens (tertiary/aromatic N) is 1. The Bertz CT molecular complexity index is 1020. The molecule has 0 aromatic heterocycles. The summed E-state index contributed by atoms with van der Waals surface area (Å²) in [6, 6.07) is 11.5. The third kappa shape index (κ3) is 4.15. The van der Waals surface area contributed by atoms with E-state index in [1.54, 1.807) is 55.3 Å². The van der Waals surface area contributed by atoms with Gasteiger partial charge < -0.3 is 15.0 Å². The number of hydrogen-bond donors (Lipinski definition) is 2. The predicted molar refractivity (Wildman–Crippen MR) is 105 cm³/mol. The van der Waals surface area contributed by atoms with Gasteiger partial charge in [-0.1, -0.05) is 6.07 Å². The maximum atomic E-state index is 12.6. The van der Waals surface area contributed by atoms with E-state index < -0.39 is 15.9 Å². The molecule has 3 N–H and O–H groups in total. The smallest absolute Gasteiger partial charge is 0.238 e. The monoisotopic (exact) mass is 403 g/mol. The maximum absolute atomic E-state index is 12.6. The summed E-state index contributed by atoms with van der Waals surface area (Å²) in [5.74, 6) is -0.378. The van der Waals surface area contributed by atoms with E-state index in [-0.39, 0.29) is 29.7 Å². The fourth-order valence-electron chi connectivity index (χ4n) is 3.12. The van der Waals surface area contributed by atoms with Gasteiger partial charge in [0.15, 0.2) is 0 Å². The molecule has 9 heteroatoms. The van der Waals surface area contributed by atoms with E-state index in [0.717, 1.165) is 0 Å². The summed E-state index contributed by atoms with van der Waals surface area (Å²) in [6.45, 7) is 1.86. The molecule has 1 heterocycles. The highest BCUT2D eigenvalue weighted by Gasteiger charge is 2.35. The number of nitrogens with two attached hydrogens (primary N) is 1. The zero-order valence-electron chi connectivity index (χ0n) is 15.5. The number of benzene rings is 2. The van der Waals surface area contributed by atoms with Crippen LogP contribution >= 0.6 is 0 Å². The van der Waals surface area contributed by atoms with Crippen LogP contribution < -0.4 is 20.1 Å². The minimum absolute atomic E-state index is 0.0485. The second kappa shape index (κ2) is 7.61. The molecule has 1 fully saturated rings. The quantitative estimate of drug-likeness (QED) is 0.787. The highest BCUT2D eigenvalue weighted by molar-refractivity contribution is 7.89. The van der Waals surface area contributed by atoms with Crippen LogP contribution in [0.4, 0.5) is 11.4 Å². The van der Waals surface area contributed by atoms with Gasteiger partial charge in [-0.3, -0.25) is 9.59 Å². The van der Waals surface area contributed by atoms with Crippen LogP contribution in [0, 0.1) is 12.8 Å². The standard InChI is InChI=1S/C19H21N3O5S/c1-12-3-4-14(10-17(12)28(20,25)26)21-19(24)13-9-18(23)22(11-13)15-5-7-16(27-2)8-6-15/h3-8,10,13H,9,11H2,1-2H3,(H,21,24)(H2,20,25,26)/t13-/m0/s1. The Morgan fingerprint density at radius 2 is 1.89 bits per heavy atom. The molecule has 1 atom stereocenters. The highest BCUT2D eigenvalue weighted by atomic mass is 32.2. The Hall–Kier alpha value is -2.91. The topological polar surface area (TPSA) is 119 Å². The number of nitrogens with one attached hydrogen (secondary N) is 1. The molecule has 0 radical (unpaired) electrons. The molecule has 2 amide bonds. The first-order valence-corrected chi connectivity index (χ1v) is 10.1. The maximum Gasteiger partial charge on any atom is 0.238 e. The van der Waals surface area contributed by atoms with E-state index in [0.29, 0.717) is 22.7 Å². The van der Waals surface area contributed by atoms with Gasteiger partial charge in [-0.25, -0.2) is 13.6 Å². The van der Waals surface area contributed by atoms with Gasteiger partial charge in [0.05, 0.1) is 17.9 Å². The molecular formula is C19H21N3O5S. The minimum Gasteiger partial charge on any atom is -0.497 e. The molecule has 1 aliphatic rings. The van der Waals surface area contributed by atoms with Gasteiger partial charge in [0.1, 0.15) is 5.75 Å². The number of aryl methyl sites for hydroxylation is 1. The van der Waals surface area contributed by atoms with E-state index in [1.807, 2.05) is 0 Å². The lowest BCUT2D eigenvalue weighted by Crippen LogP contribution is -2.28. The Kier molecular flexibility index (Phi) is 5.39. The minimum atomic E-state index is -3.89. The molecule has 148 valence electrons. The predicted octanol–water partition coefficient (Wildman–Crippen LogP) is 1.64. The second-order valence-corrected chi connectivity index (χ2v) is 8.15. The summed E-state index contributed by atoms with van der Waals surface area (Å²) in [6.07, 6.45) is 0.0752. The Morgan fingerprint density at radius 1 is 1.21 bits per heavy atom. The summed E-state index contributed by atoms with van der Waals surface area (Å²) in [7, 11) is -2.34. The number of ether oxygens (including phenoxy) is 1. The van der Waals surface area contributed by atoms with Crippen LogP contribution in [0.15, 0.2) is 47.4 Å². The van der Waals surface area contributed by atoms with Crippen LogP contribution in [0.5, 0.6) is 5.75 Å². The Labute approximate surface area is 163 Å². The average Bonchev–Trinajstić information content (AvgIpc) is 3.04. The fourth-order valence-corrected chi connectivity index (χ4v) is 3.93. The van der Waals surface area contributed by atoms with Crippen molar-refractivity contribution in [3.05, 3.63) is 48.0 Å². The van der Waals surface area contributed by atoms with Crippen molar-refractivity contribution in [2.45, 2.75) is 18.2 Å². The molecule has 3 rings (SSSR count). The van der Waals surface area contributed by atoms with Crippen molar-refractivity contribution in [1.82, 2.24) is 0 Å². The van der Waals surface area contributed by atoms with E-state index >= 15 is 0 Å². The molecule has 0 spiro atoms. The van der Waals surface area contributed by atoms with Gasteiger partial charge in [0.2, 0.25) is 21.8 Å². The summed E-state index contributed by atoms with van der Waals surface area (Å²) in [5, 5.41) is 7.88. The van der Waals surface area contributed by atoms with Crippen molar-refractivity contribution in [3.8, 4) is 5.75 Å². The van der Waals surface area contributed by atoms with Crippen LogP contribution in [-0.4, -0.2) is 33.9 Å². The normalized spacial score (nSPS) is 16.9. The lowest BCUT2D eigenvalue weighted by Gasteiger charge is -2.17. The molecule has 8 nitrogen and oxygen atoms in total. The molecule has 0 unspecified atom stereocenters. The number of anilines is 2. The number of methoxy groups -OCH3 is 1. The zero-order chi connectivity index (χ0) is 20.5. The number of amides is 2. The van der Waals surface area contributed by atoms with Crippen molar-refractivity contribution in [2.75, 3.05) is 23.9 Å². The van der Waals surface area contributed by atoms with Crippen LogP contribution in [0.3, 0.4) is 0 Å². The molecule has 0 bridgehead atoms. The molecule has 28 heavy (non-hydrogen) atoms. The SMILES string of the molecule is COc1ccc(N2C[C@@H](C(=O)Nc3ccc(C)c(S(N)(=O)=O)c3)CC2=O)cc1. The molecule has 2 aromatic carbocycles. The van der Waals surface area contributed by atoms with Gasteiger partial charge in [-0.15, -0.1) is 0 Å². The van der Waals surface area contributed by atoms with Crippen LogP contribution in [0.1, 0.15) is 12.0 Å². The van der Waals surface area contributed by atoms with Gasteiger partial charge in [0.25, 0.3) is 0 Å². The number of carbonyl (C=O) groups excluding carboxylic acids is 2. The zero-order valence-corrected chi connectivity index (χ0v) is 16.3. The van der Waals surface area contributed by atoms with Crippen LogP contribution in [-0.2, 0) is 19.6 Å². The fraction of sp³-hybridized carbons (Fsp3) is 0.263. The van der Waals surface area contributed by atoms with E-state index in [2.05, 4.69) is 5.32 Å². The van der Waals surface area contributed by atoms with Crippen molar-refractivity contribution < 1.29 is 22.7 Å². The molecule has 1 aliphatic heterocycles. The van der Waals surface area contributed by atoms with E-state index in [9.17, 15) is 18.0 Å². The van der Waals surface area contributed by atoms with E-state index in [4.69, 9.17) is 9.88 Å². The molecule has 0 aliphatic carbocycles. The Morgan fingerprint density at radius 3 is 2.50 bits per heavy atom. The summed E-state index contributed by atoms with van der Waals surface area (Å²) in [5.41, 5.74) is 1.49. The van der Waals surface area contributed by atoms with Crippen molar-refractivity contribution in [1.29, 1.82) is 0 Å². The summed E-state index contributed by atoms with van der Waals surface area (Å²) in [4.78, 5) is 26.4. The van der Waals surface area contributed by atoms with Crippen molar-refractivity contribution >= 4 is 33.2 Å². The average molecular weight is 403 g/mol. The number of rotatable bonds is 5. The third-order valence-electron chi connectivity index (χ3n) is 4.64. The number of primary sulfonamides is 1. The van der Waals surface area contributed by atoms with Crippen molar-refractivity contribution in [3.63, 3.8) is 0 Å². The van der Waals surface area contributed by atoms with Gasteiger partial charge >= 0.3 is 0 Å². The summed E-state index contributed by atoms with van der Waals surface area (Å²) < 4.78 is 28.4. The number of carbonyl (C=O) groups is 2. The van der Waals surface area contributed by atoms with Gasteiger partial charge in [-0.05, 0) is 48.9 Å². The van der Waals surface area contributed by atoms with Crippen molar-refractivity contribution in [2.24, 2.45) is 11.1 Å². The van der Waals surface area contributed by atoms with Crippen LogP contribution in [0.2, 0.25) is 0 Å². The number of sulfonamides is 1. The second-order valence-electron chi connectivity index (χ2n) is 6.62. The largest absolute Gasteiger partial charge is 0.497 e. The van der Waals surface area contributed by atoms with Gasteiger partial charge in [0, 0.05) is 24.3 Å². The van der Waals surface area contributed by atoms with E-state index in [1.165, 1.54) is 6.07 Å². The van der Waals surface area contributed by atoms with Crippen LogP contribution in [0.25, 0.3) is 0 Å². The lowest BCUT2D eigenvalue weighted by molar-refractivity contribution is -0.122. The first-order chi connectivity index (χ1) is 13.2. The first-order valence-electron chi connectivity index (χ1n) is 8.58. The lowest BCUT2D eigenvalue weighted by atomic mass is 10.1. The molecule has 0 saturated carbocycles. The Balaban J connectivity index is 1.73. The molecular weight excluding hydrogens is 382 g/mol.